The number of thioether (sulfide) groups is 1. The van der Waals surface area contributed by atoms with E-state index in [0.717, 1.165) is 28.4 Å². The topological polar surface area (TPSA) is 95.9 Å². The zero-order valence-electron chi connectivity index (χ0n) is 17.3. The summed E-state index contributed by atoms with van der Waals surface area (Å²) in [5, 5.41) is 7.52. The van der Waals surface area contributed by atoms with Crippen molar-refractivity contribution in [3.05, 3.63) is 39.0 Å². The highest BCUT2D eigenvalue weighted by atomic mass is 32.2. The van der Waals surface area contributed by atoms with Crippen molar-refractivity contribution in [1.29, 1.82) is 0 Å². The first-order chi connectivity index (χ1) is 13.7. The minimum Gasteiger partial charge on any atom is -0.322 e. The summed E-state index contributed by atoms with van der Waals surface area (Å²) >= 11 is 2.96. The third-order valence-corrected chi connectivity index (χ3v) is 6.86. The van der Waals surface area contributed by atoms with Gasteiger partial charge in [0.15, 0.2) is 0 Å². The molecule has 0 saturated heterocycles. The molecular formula is C19H26N6O2S2. The molecule has 0 aliphatic rings. The van der Waals surface area contributed by atoms with Gasteiger partial charge in [-0.3, -0.25) is 14.3 Å². The van der Waals surface area contributed by atoms with Gasteiger partial charge in [0.1, 0.15) is 10.7 Å². The van der Waals surface area contributed by atoms with Crippen LogP contribution in [0.15, 0.2) is 17.2 Å². The van der Waals surface area contributed by atoms with Gasteiger partial charge >= 0.3 is 0 Å². The van der Waals surface area contributed by atoms with Crippen molar-refractivity contribution in [1.82, 2.24) is 24.6 Å². The minimum absolute atomic E-state index is 0.103. The molecule has 0 aliphatic heterocycles. The second-order valence-corrected chi connectivity index (χ2v) is 9.75. The quantitative estimate of drug-likeness (QED) is 0.566. The lowest BCUT2D eigenvalue weighted by Crippen LogP contribution is -2.23. The third-order valence-electron chi connectivity index (χ3n) is 4.60. The molecule has 29 heavy (non-hydrogen) atoms. The Labute approximate surface area is 177 Å². The van der Waals surface area contributed by atoms with Gasteiger partial charge in [-0.15, -0.1) is 23.1 Å². The molecule has 3 aromatic heterocycles. The summed E-state index contributed by atoms with van der Waals surface area (Å²) in [7, 11) is 4.01. The number of thiophene rings is 1. The van der Waals surface area contributed by atoms with Crippen molar-refractivity contribution in [2.24, 2.45) is 0 Å². The first-order valence-electron chi connectivity index (χ1n) is 9.33. The Hall–Kier alpha value is -2.17. The Morgan fingerprint density at radius 2 is 2.17 bits per heavy atom. The van der Waals surface area contributed by atoms with Gasteiger partial charge in [0.05, 0.1) is 34.8 Å². The zero-order valence-corrected chi connectivity index (χ0v) is 18.9. The van der Waals surface area contributed by atoms with Gasteiger partial charge in [-0.2, -0.15) is 5.10 Å². The molecule has 0 saturated carbocycles. The molecule has 0 fully saturated rings. The van der Waals surface area contributed by atoms with E-state index in [-0.39, 0.29) is 16.7 Å². The predicted octanol–water partition coefficient (Wildman–Crippen LogP) is 2.62. The molecule has 1 unspecified atom stereocenters. The smallest absolute Gasteiger partial charge is 0.259 e. The molecule has 156 valence electrons. The van der Waals surface area contributed by atoms with E-state index in [9.17, 15) is 9.59 Å². The largest absolute Gasteiger partial charge is 0.322 e. The fourth-order valence-electron chi connectivity index (χ4n) is 2.74. The molecule has 0 radical (unpaired) electrons. The van der Waals surface area contributed by atoms with Crippen molar-refractivity contribution >= 4 is 44.9 Å². The summed E-state index contributed by atoms with van der Waals surface area (Å²) in [5.74, 6) is 0.941. The van der Waals surface area contributed by atoms with Crippen molar-refractivity contribution in [2.75, 3.05) is 26.0 Å². The third kappa shape index (κ3) is 5.26. The summed E-state index contributed by atoms with van der Waals surface area (Å²) in [5.41, 5.74) is 1.55. The van der Waals surface area contributed by atoms with Gasteiger partial charge in [-0.25, -0.2) is 4.98 Å². The van der Waals surface area contributed by atoms with Crippen LogP contribution in [0.4, 0.5) is 5.69 Å². The summed E-state index contributed by atoms with van der Waals surface area (Å²) in [4.78, 5) is 36.2. The van der Waals surface area contributed by atoms with E-state index >= 15 is 0 Å². The van der Waals surface area contributed by atoms with Gasteiger partial charge in [0.2, 0.25) is 5.91 Å². The number of fused-ring (bicyclic) bond motifs is 1. The maximum absolute atomic E-state index is 12.5. The van der Waals surface area contributed by atoms with Gasteiger partial charge in [-0.05, 0) is 40.4 Å². The number of likely N-dealkylation sites (N-methyl/N-ethyl adjacent to an activating group) is 1. The van der Waals surface area contributed by atoms with Crippen molar-refractivity contribution in [3.63, 3.8) is 0 Å². The van der Waals surface area contributed by atoms with E-state index in [4.69, 9.17) is 0 Å². The van der Waals surface area contributed by atoms with Crippen molar-refractivity contribution in [3.8, 4) is 0 Å². The lowest BCUT2D eigenvalue weighted by Gasteiger charge is -2.11. The molecule has 0 bridgehead atoms. The van der Waals surface area contributed by atoms with Gasteiger partial charge < -0.3 is 15.2 Å². The number of hydrogen-bond acceptors (Lipinski definition) is 7. The molecule has 3 heterocycles. The first kappa shape index (κ1) is 21.5. The molecule has 2 N–H and O–H groups in total. The number of carbonyl (C=O) groups excluding carboxylic acids is 1. The van der Waals surface area contributed by atoms with E-state index < -0.39 is 0 Å². The lowest BCUT2D eigenvalue weighted by atomic mass is 10.2. The molecule has 0 aliphatic carbocycles. The van der Waals surface area contributed by atoms with E-state index in [1.165, 1.54) is 23.1 Å². The summed E-state index contributed by atoms with van der Waals surface area (Å²) in [6.07, 6.45) is 3.48. The number of aryl methyl sites for hydroxylation is 2. The van der Waals surface area contributed by atoms with E-state index in [2.05, 4.69) is 25.3 Å². The van der Waals surface area contributed by atoms with Crippen LogP contribution in [-0.2, 0) is 17.1 Å². The Morgan fingerprint density at radius 1 is 1.41 bits per heavy atom. The number of H-pyrrole nitrogens is 1. The highest BCUT2D eigenvalue weighted by Crippen LogP contribution is 2.26. The number of aromatic nitrogens is 4. The normalized spacial score (nSPS) is 12.6. The van der Waals surface area contributed by atoms with Crippen LogP contribution in [-0.4, -0.2) is 56.4 Å². The molecule has 0 spiro atoms. The van der Waals surface area contributed by atoms with Crippen LogP contribution in [0.1, 0.15) is 23.2 Å². The number of carbonyl (C=O) groups is 1. The Bertz CT molecular complexity index is 1070. The summed E-state index contributed by atoms with van der Waals surface area (Å²) in [6, 6.07) is 0. The average Bonchev–Trinajstić information content (AvgIpc) is 3.22. The predicted molar refractivity (Wildman–Crippen MR) is 120 cm³/mol. The number of anilines is 1. The van der Waals surface area contributed by atoms with Gasteiger partial charge in [0.25, 0.3) is 5.56 Å². The number of nitrogens with one attached hydrogen (secondary N) is 2. The zero-order chi connectivity index (χ0) is 21.1. The molecule has 1 amide bonds. The maximum atomic E-state index is 12.5. The second kappa shape index (κ2) is 9.10. The molecule has 0 aromatic carbocycles. The van der Waals surface area contributed by atoms with Crippen LogP contribution in [0.3, 0.4) is 0 Å². The van der Waals surface area contributed by atoms with E-state index in [1.807, 2.05) is 45.7 Å². The fraction of sp³-hybridized carbons (Fsp3) is 0.474. The number of nitrogens with zero attached hydrogens (tertiary/aromatic N) is 4. The molecule has 3 aromatic rings. The number of hydrogen-bond donors (Lipinski definition) is 2. The fourth-order valence-corrected chi connectivity index (χ4v) is 4.55. The molecular weight excluding hydrogens is 408 g/mol. The average molecular weight is 435 g/mol. The van der Waals surface area contributed by atoms with Crippen LogP contribution in [0, 0.1) is 13.8 Å². The number of amides is 1. The van der Waals surface area contributed by atoms with Crippen LogP contribution in [0.5, 0.6) is 0 Å². The molecule has 3 rings (SSSR count). The highest BCUT2D eigenvalue weighted by molar-refractivity contribution is 7.99. The van der Waals surface area contributed by atoms with Crippen LogP contribution < -0.4 is 10.9 Å². The summed E-state index contributed by atoms with van der Waals surface area (Å²) < 4.78 is 1.81. The summed E-state index contributed by atoms with van der Waals surface area (Å²) in [6.45, 7) is 7.40. The van der Waals surface area contributed by atoms with Gasteiger partial charge in [0, 0.05) is 17.6 Å². The van der Waals surface area contributed by atoms with Gasteiger partial charge in [-0.1, -0.05) is 0 Å². The molecule has 1 atom stereocenters. The number of rotatable bonds is 8. The SMILES string of the molecule is Cc1sc2nc(CSC(C)C(=O)Nc3cnn(CCN(C)C)c3)[nH]c(=O)c2c1C. The first-order valence-corrected chi connectivity index (χ1v) is 11.2. The van der Waals surface area contributed by atoms with Crippen molar-refractivity contribution < 1.29 is 4.79 Å². The lowest BCUT2D eigenvalue weighted by molar-refractivity contribution is -0.115. The minimum atomic E-state index is -0.298. The number of aromatic amines is 1. The van der Waals surface area contributed by atoms with E-state index in [1.54, 1.807) is 6.20 Å². The Kier molecular flexibility index (Phi) is 6.76. The maximum Gasteiger partial charge on any atom is 0.259 e. The monoisotopic (exact) mass is 434 g/mol. The Balaban J connectivity index is 1.58. The van der Waals surface area contributed by atoms with Crippen molar-refractivity contribution in [2.45, 2.75) is 38.3 Å². The van der Waals surface area contributed by atoms with Crippen LogP contribution >= 0.6 is 23.1 Å². The molecule has 10 heteroatoms. The standard InChI is InChI=1S/C19H26N6O2S2/c1-11-12(2)29-19-16(11)18(27)22-15(23-19)10-28-13(3)17(26)21-14-8-20-25(9-14)7-6-24(4)5/h8-9,13H,6-7,10H2,1-5H3,(H,21,26)(H,22,23,27). The highest BCUT2D eigenvalue weighted by Gasteiger charge is 2.17. The van der Waals surface area contributed by atoms with Crippen LogP contribution in [0.25, 0.3) is 10.2 Å². The van der Waals surface area contributed by atoms with Crippen LogP contribution in [0.2, 0.25) is 0 Å². The Morgan fingerprint density at radius 3 is 2.90 bits per heavy atom. The van der Waals surface area contributed by atoms with E-state index in [0.29, 0.717) is 22.7 Å². The molecule has 8 nitrogen and oxygen atoms in total. The second-order valence-electron chi connectivity index (χ2n) is 7.21.